The smallest absolute Gasteiger partial charge is 0.292 e. The van der Waals surface area contributed by atoms with Gasteiger partial charge in [-0.25, -0.2) is 8.42 Å². The van der Waals surface area contributed by atoms with Crippen LogP contribution in [0.4, 0.5) is 22.7 Å². The first kappa shape index (κ1) is 26.1. The minimum absolute atomic E-state index is 0.0181. The standard InChI is InChI=1S/C26H29N5O5S/c1-19(21-6-4-3-5-7-21)27-25-18-23(10-13-26(25)31(33)34)29-14-16-30(17-15-29)37(35,36)24-11-8-22(9-12-24)28-20(2)32/h3-13,18-19,27H,14-17H2,1-2H3,(H,28,32). The van der Waals surface area contributed by atoms with Gasteiger partial charge in [0.2, 0.25) is 15.9 Å². The molecule has 1 aliphatic heterocycles. The lowest BCUT2D eigenvalue weighted by Gasteiger charge is -2.35. The SMILES string of the molecule is CC(=O)Nc1ccc(S(=O)(=O)N2CCN(c3ccc([N+](=O)[O-])c(NC(C)c4ccccc4)c3)CC2)cc1. The van der Waals surface area contributed by atoms with E-state index in [2.05, 4.69) is 10.6 Å². The Bertz CT molecular complexity index is 1370. The number of carbonyl (C=O) groups is 1. The predicted octanol–water partition coefficient (Wildman–Crippen LogP) is 4.24. The van der Waals surface area contributed by atoms with Gasteiger partial charge in [0.25, 0.3) is 5.69 Å². The van der Waals surface area contributed by atoms with Crippen LogP contribution in [-0.2, 0) is 14.8 Å². The van der Waals surface area contributed by atoms with Crippen LogP contribution >= 0.6 is 0 Å². The van der Waals surface area contributed by atoms with E-state index in [4.69, 9.17) is 0 Å². The van der Waals surface area contributed by atoms with Crippen molar-refractivity contribution in [2.24, 2.45) is 0 Å². The summed E-state index contributed by atoms with van der Waals surface area (Å²) in [5.74, 6) is -0.231. The van der Waals surface area contributed by atoms with E-state index < -0.39 is 14.9 Å². The summed E-state index contributed by atoms with van der Waals surface area (Å²) in [6.07, 6.45) is 0. The van der Waals surface area contributed by atoms with Crippen molar-refractivity contribution in [2.75, 3.05) is 41.7 Å². The van der Waals surface area contributed by atoms with Gasteiger partial charge >= 0.3 is 0 Å². The number of hydrogen-bond acceptors (Lipinski definition) is 7. The molecule has 1 amide bonds. The molecule has 194 valence electrons. The lowest BCUT2D eigenvalue weighted by molar-refractivity contribution is -0.384. The van der Waals surface area contributed by atoms with Crippen molar-refractivity contribution in [3.8, 4) is 0 Å². The highest BCUT2D eigenvalue weighted by atomic mass is 32.2. The third-order valence-electron chi connectivity index (χ3n) is 6.26. The van der Waals surface area contributed by atoms with Gasteiger partial charge in [-0.3, -0.25) is 14.9 Å². The molecule has 1 saturated heterocycles. The molecule has 0 saturated carbocycles. The Morgan fingerprint density at radius 2 is 1.62 bits per heavy atom. The maximum Gasteiger partial charge on any atom is 0.292 e. The number of nitro groups is 1. The minimum atomic E-state index is -3.69. The van der Waals surface area contributed by atoms with E-state index >= 15 is 0 Å². The summed E-state index contributed by atoms with van der Waals surface area (Å²) in [7, 11) is -3.69. The summed E-state index contributed by atoms with van der Waals surface area (Å²) < 4.78 is 27.7. The second kappa shape index (κ2) is 11.0. The molecule has 1 heterocycles. The Morgan fingerprint density at radius 1 is 0.973 bits per heavy atom. The van der Waals surface area contributed by atoms with Crippen molar-refractivity contribution >= 4 is 38.7 Å². The quantitative estimate of drug-likeness (QED) is 0.334. The monoisotopic (exact) mass is 523 g/mol. The van der Waals surface area contributed by atoms with E-state index in [0.717, 1.165) is 11.3 Å². The first-order chi connectivity index (χ1) is 17.6. The molecule has 1 atom stereocenters. The summed E-state index contributed by atoms with van der Waals surface area (Å²) in [6.45, 7) is 4.76. The fourth-order valence-electron chi connectivity index (χ4n) is 4.30. The first-order valence-electron chi connectivity index (χ1n) is 11.9. The highest BCUT2D eigenvalue weighted by Crippen LogP contribution is 2.33. The van der Waals surface area contributed by atoms with E-state index in [-0.39, 0.29) is 35.6 Å². The predicted molar refractivity (Wildman–Crippen MR) is 143 cm³/mol. The molecular weight excluding hydrogens is 494 g/mol. The summed E-state index contributed by atoms with van der Waals surface area (Å²) >= 11 is 0. The Hall–Kier alpha value is -3.96. The third kappa shape index (κ3) is 6.07. The highest BCUT2D eigenvalue weighted by Gasteiger charge is 2.29. The summed E-state index contributed by atoms with van der Waals surface area (Å²) in [5.41, 5.74) is 2.71. The molecule has 1 unspecified atom stereocenters. The number of amides is 1. The zero-order chi connectivity index (χ0) is 26.6. The van der Waals surface area contributed by atoms with Gasteiger partial charge in [0.1, 0.15) is 5.69 Å². The fraction of sp³-hybridized carbons (Fsp3) is 0.269. The Balaban J connectivity index is 1.47. The van der Waals surface area contributed by atoms with Crippen LogP contribution in [0.2, 0.25) is 0 Å². The van der Waals surface area contributed by atoms with Crippen LogP contribution in [0.5, 0.6) is 0 Å². The molecule has 37 heavy (non-hydrogen) atoms. The van der Waals surface area contributed by atoms with Gasteiger partial charge in [-0.2, -0.15) is 4.31 Å². The molecule has 0 bridgehead atoms. The van der Waals surface area contributed by atoms with Gasteiger partial charge in [0, 0.05) is 56.6 Å². The molecule has 4 rings (SSSR count). The molecule has 1 aliphatic rings. The average molecular weight is 524 g/mol. The molecule has 0 aromatic heterocycles. The van der Waals surface area contributed by atoms with Crippen molar-refractivity contribution in [1.82, 2.24) is 4.31 Å². The molecule has 10 nitrogen and oxygen atoms in total. The van der Waals surface area contributed by atoms with E-state index in [9.17, 15) is 23.3 Å². The van der Waals surface area contributed by atoms with Crippen molar-refractivity contribution in [2.45, 2.75) is 24.8 Å². The molecule has 3 aromatic carbocycles. The molecule has 0 spiro atoms. The maximum atomic E-state index is 13.1. The summed E-state index contributed by atoms with van der Waals surface area (Å²) in [5, 5.41) is 17.5. The largest absolute Gasteiger partial charge is 0.373 e. The Morgan fingerprint density at radius 3 is 2.22 bits per heavy atom. The van der Waals surface area contributed by atoms with Gasteiger partial charge in [-0.1, -0.05) is 30.3 Å². The zero-order valence-electron chi connectivity index (χ0n) is 20.6. The number of anilines is 3. The average Bonchev–Trinajstić information content (AvgIpc) is 2.89. The minimum Gasteiger partial charge on any atom is -0.373 e. The molecule has 0 aliphatic carbocycles. The van der Waals surface area contributed by atoms with Gasteiger partial charge in [-0.15, -0.1) is 0 Å². The molecule has 3 aromatic rings. The number of rotatable bonds is 8. The van der Waals surface area contributed by atoms with E-state index in [1.165, 1.54) is 29.4 Å². The molecule has 2 N–H and O–H groups in total. The number of nitro benzene ring substituents is 1. The lowest BCUT2D eigenvalue weighted by Crippen LogP contribution is -2.48. The normalized spacial score (nSPS) is 15.1. The van der Waals surface area contributed by atoms with Crippen LogP contribution in [-0.4, -0.2) is 49.7 Å². The maximum absolute atomic E-state index is 13.1. The van der Waals surface area contributed by atoms with Gasteiger partial charge < -0.3 is 15.5 Å². The molecule has 11 heteroatoms. The van der Waals surface area contributed by atoms with Crippen LogP contribution in [0.3, 0.4) is 0 Å². The molecule has 0 radical (unpaired) electrons. The Labute approximate surface area is 216 Å². The number of nitrogens with one attached hydrogen (secondary N) is 2. The number of piperazine rings is 1. The Kier molecular flexibility index (Phi) is 7.74. The number of benzene rings is 3. The van der Waals surface area contributed by atoms with E-state index in [1.54, 1.807) is 24.3 Å². The van der Waals surface area contributed by atoms with Crippen LogP contribution in [0.1, 0.15) is 25.5 Å². The van der Waals surface area contributed by atoms with E-state index in [0.29, 0.717) is 24.5 Å². The number of nitrogens with zero attached hydrogens (tertiary/aromatic N) is 3. The molecule has 1 fully saturated rings. The summed E-state index contributed by atoms with van der Waals surface area (Å²) in [6, 6.07) is 20.5. The second-order valence-corrected chi connectivity index (χ2v) is 10.8. The summed E-state index contributed by atoms with van der Waals surface area (Å²) in [4.78, 5) is 24.6. The van der Waals surface area contributed by atoms with Crippen molar-refractivity contribution < 1.29 is 18.1 Å². The van der Waals surface area contributed by atoms with Gasteiger partial charge in [0.15, 0.2) is 0 Å². The van der Waals surface area contributed by atoms with Crippen molar-refractivity contribution in [3.63, 3.8) is 0 Å². The lowest BCUT2D eigenvalue weighted by atomic mass is 10.1. The van der Waals surface area contributed by atoms with Crippen LogP contribution < -0.4 is 15.5 Å². The van der Waals surface area contributed by atoms with Gasteiger partial charge in [-0.05, 0) is 48.9 Å². The van der Waals surface area contributed by atoms with Crippen molar-refractivity contribution in [3.05, 3.63) is 88.5 Å². The fourth-order valence-corrected chi connectivity index (χ4v) is 5.73. The van der Waals surface area contributed by atoms with E-state index in [1.807, 2.05) is 42.2 Å². The number of sulfonamides is 1. The van der Waals surface area contributed by atoms with Gasteiger partial charge in [0.05, 0.1) is 9.82 Å². The highest BCUT2D eigenvalue weighted by molar-refractivity contribution is 7.89. The van der Waals surface area contributed by atoms with Crippen LogP contribution in [0.25, 0.3) is 0 Å². The molecular formula is C26H29N5O5S. The first-order valence-corrected chi connectivity index (χ1v) is 13.3. The zero-order valence-corrected chi connectivity index (χ0v) is 21.4. The third-order valence-corrected chi connectivity index (χ3v) is 8.18. The number of carbonyl (C=O) groups excluding carboxylic acids is 1. The van der Waals surface area contributed by atoms with Crippen LogP contribution in [0.15, 0.2) is 77.7 Å². The van der Waals surface area contributed by atoms with Crippen LogP contribution in [0, 0.1) is 10.1 Å². The number of hydrogen-bond donors (Lipinski definition) is 2. The second-order valence-electron chi connectivity index (χ2n) is 8.83. The van der Waals surface area contributed by atoms with Crippen molar-refractivity contribution in [1.29, 1.82) is 0 Å². The topological polar surface area (TPSA) is 125 Å².